The molecule has 0 aromatic heterocycles. The number of rotatable bonds is 4. The molecular formula is C19H20FNO. The summed E-state index contributed by atoms with van der Waals surface area (Å²) in [6.07, 6.45) is 0.719. The predicted molar refractivity (Wildman–Crippen MR) is 86.4 cm³/mol. The van der Waals surface area contributed by atoms with Crippen molar-refractivity contribution in [1.29, 1.82) is 0 Å². The fraction of sp³-hybridized carbons (Fsp3) is 0.316. The van der Waals surface area contributed by atoms with Crippen LogP contribution < -0.4 is 5.32 Å². The second kappa shape index (κ2) is 5.91. The van der Waals surface area contributed by atoms with Crippen molar-refractivity contribution in [3.63, 3.8) is 0 Å². The smallest absolute Gasteiger partial charge is 0.228 e. The highest BCUT2D eigenvalue weighted by Crippen LogP contribution is 2.48. The van der Waals surface area contributed by atoms with Gasteiger partial charge in [-0.25, -0.2) is 4.39 Å². The van der Waals surface area contributed by atoms with Gasteiger partial charge >= 0.3 is 0 Å². The maximum absolute atomic E-state index is 13.8. The van der Waals surface area contributed by atoms with Crippen LogP contribution in [0.25, 0.3) is 0 Å². The van der Waals surface area contributed by atoms with Crippen LogP contribution in [0.1, 0.15) is 43.2 Å². The van der Waals surface area contributed by atoms with E-state index in [4.69, 9.17) is 0 Å². The molecule has 1 fully saturated rings. The highest BCUT2D eigenvalue weighted by molar-refractivity contribution is 5.95. The van der Waals surface area contributed by atoms with Gasteiger partial charge in [0, 0.05) is 11.6 Å². The minimum Gasteiger partial charge on any atom is -0.326 e. The maximum atomic E-state index is 13.8. The Labute approximate surface area is 130 Å². The molecule has 3 heteroatoms. The van der Waals surface area contributed by atoms with Crippen LogP contribution in [0.5, 0.6) is 0 Å². The third kappa shape index (κ3) is 3.03. The molecule has 2 aromatic rings. The molecule has 3 rings (SSSR count). The van der Waals surface area contributed by atoms with E-state index < -0.39 is 0 Å². The van der Waals surface area contributed by atoms with Gasteiger partial charge < -0.3 is 5.32 Å². The second-order valence-electron chi connectivity index (χ2n) is 6.24. The lowest BCUT2D eigenvalue weighted by molar-refractivity contribution is -0.117. The third-order valence-corrected chi connectivity index (χ3v) is 4.25. The predicted octanol–water partition coefficient (Wildman–Crippen LogP) is 4.69. The van der Waals surface area contributed by atoms with Crippen molar-refractivity contribution < 1.29 is 9.18 Å². The topological polar surface area (TPSA) is 29.1 Å². The van der Waals surface area contributed by atoms with Gasteiger partial charge in [-0.2, -0.15) is 0 Å². The highest BCUT2D eigenvalue weighted by atomic mass is 19.1. The van der Waals surface area contributed by atoms with Crippen LogP contribution in [-0.2, 0) is 4.79 Å². The first-order valence-corrected chi connectivity index (χ1v) is 7.71. The molecule has 2 aromatic carbocycles. The Kier molecular flexibility index (Phi) is 3.97. The third-order valence-electron chi connectivity index (χ3n) is 4.25. The average molecular weight is 297 g/mol. The molecule has 0 spiro atoms. The standard InChI is InChI=1S/C19H20FNO/c1-12(2)13-6-5-7-14(10-13)21-19(22)17-11-16(17)15-8-3-4-9-18(15)20/h3-10,12,16-17H,11H2,1-2H3,(H,21,22). The number of halogens is 1. The second-order valence-corrected chi connectivity index (χ2v) is 6.24. The zero-order valence-electron chi connectivity index (χ0n) is 12.8. The van der Waals surface area contributed by atoms with E-state index in [2.05, 4.69) is 25.2 Å². The van der Waals surface area contributed by atoms with Gasteiger partial charge in [0.05, 0.1) is 0 Å². The Morgan fingerprint density at radius 3 is 2.68 bits per heavy atom. The number of hydrogen-bond donors (Lipinski definition) is 1. The van der Waals surface area contributed by atoms with Gasteiger partial charge in [0.2, 0.25) is 5.91 Å². The van der Waals surface area contributed by atoms with Gasteiger partial charge in [-0.3, -0.25) is 4.79 Å². The molecule has 0 radical (unpaired) electrons. The number of benzene rings is 2. The zero-order valence-corrected chi connectivity index (χ0v) is 12.8. The van der Waals surface area contributed by atoms with Crippen LogP contribution in [-0.4, -0.2) is 5.91 Å². The first kappa shape index (κ1) is 14.8. The minimum absolute atomic E-state index is 0.00878. The maximum Gasteiger partial charge on any atom is 0.228 e. The summed E-state index contributed by atoms with van der Waals surface area (Å²) in [5.74, 6) is 0.0665. The Morgan fingerprint density at radius 2 is 1.95 bits per heavy atom. The number of hydrogen-bond acceptors (Lipinski definition) is 1. The summed E-state index contributed by atoms with van der Waals surface area (Å²) in [5.41, 5.74) is 2.66. The summed E-state index contributed by atoms with van der Waals surface area (Å²) in [4.78, 5) is 12.3. The van der Waals surface area contributed by atoms with Crippen molar-refractivity contribution in [3.05, 3.63) is 65.5 Å². The summed E-state index contributed by atoms with van der Waals surface area (Å²) in [6.45, 7) is 4.24. The summed E-state index contributed by atoms with van der Waals surface area (Å²) in [7, 11) is 0. The minimum atomic E-state index is -0.218. The van der Waals surface area contributed by atoms with Crippen LogP contribution in [0, 0.1) is 11.7 Å². The lowest BCUT2D eigenvalue weighted by Crippen LogP contribution is -2.14. The Morgan fingerprint density at radius 1 is 1.18 bits per heavy atom. The van der Waals surface area contributed by atoms with Gasteiger partial charge in [0.15, 0.2) is 0 Å². The largest absolute Gasteiger partial charge is 0.326 e. The number of carbonyl (C=O) groups excluding carboxylic acids is 1. The van der Waals surface area contributed by atoms with E-state index in [1.165, 1.54) is 11.6 Å². The molecule has 22 heavy (non-hydrogen) atoms. The van der Waals surface area contributed by atoms with Crippen molar-refractivity contribution in [3.8, 4) is 0 Å². The van der Waals surface area contributed by atoms with Gasteiger partial charge in [-0.1, -0.05) is 44.2 Å². The number of amides is 1. The summed E-state index contributed by atoms with van der Waals surface area (Å²) >= 11 is 0. The molecule has 2 nitrogen and oxygen atoms in total. The number of carbonyl (C=O) groups is 1. The zero-order chi connectivity index (χ0) is 15.7. The van der Waals surface area contributed by atoms with Gasteiger partial charge in [0.25, 0.3) is 0 Å². The fourth-order valence-corrected chi connectivity index (χ4v) is 2.81. The quantitative estimate of drug-likeness (QED) is 0.871. The Balaban J connectivity index is 1.67. The van der Waals surface area contributed by atoms with Gasteiger partial charge in [-0.05, 0) is 47.6 Å². The average Bonchev–Trinajstić information content (AvgIpc) is 3.28. The van der Waals surface area contributed by atoms with Gasteiger partial charge in [0.1, 0.15) is 5.82 Å². The van der Waals surface area contributed by atoms with E-state index in [0.717, 1.165) is 12.1 Å². The Hall–Kier alpha value is -2.16. The first-order chi connectivity index (χ1) is 10.6. The molecule has 2 atom stereocenters. The van der Waals surface area contributed by atoms with Crippen LogP contribution in [0.2, 0.25) is 0 Å². The molecule has 2 unspecified atom stereocenters. The molecule has 1 aliphatic carbocycles. The van der Waals surface area contributed by atoms with Crippen LogP contribution in [0.15, 0.2) is 48.5 Å². The monoisotopic (exact) mass is 297 g/mol. The van der Waals surface area contributed by atoms with Gasteiger partial charge in [-0.15, -0.1) is 0 Å². The number of anilines is 1. The summed E-state index contributed by atoms with van der Waals surface area (Å²) in [6, 6.07) is 14.6. The molecule has 0 heterocycles. The lowest BCUT2D eigenvalue weighted by Gasteiger charge is -2.09. The van der Waals surface area contributed by atoms with Crippen LogP contribution in [0.3, 0.4) is 0 Å². The molecule has 0 bridgehead atoms. The van der Waals surface area contributed by atoms with E-state index in [9.17, 15) is 9.18 Å². The normalized spacial score (nSPS) is 20.0. The van der Waals surface area contributed by atoms with Crippen molar-refractivity contribution in [2.45, 2.75) is 32.1 Å². The van der Waals surface area contributed by atoms with Crippen LogP contribution >= 0.6 is 0 Å². The number of nitrogens with one attached hydrogen (secondary N) is 1. The molecule has 1 saturated carbocycles. The van der Waals surface area contributed by atoms with Crippen molar-refractivity contribution in [1.82, 2.24) is 0 Å². The van der Waals surface area contributed by atoms with Crippen molar-refractivity contribution >= 4 is 11.6 Å². The van der Waals surface area contributed by atoms with Crippen molar-refractivity contribution in [2.75, 3.05) is 5.32 Å². The van der Waals surface area contributed by atoms with E-state index in [1.807, 2.05) is 24.3 Å². The fourth-order valence-electron chi connectivity index (χ4n) is 2.81. The lowest BCUT2D eigenvalue weighted by atomic mass is 10.0. The van der Waals surface area contributed by atoms with Crippen LogP contribution in [0.4, 0.5) is 10.1 Å². The Bertz CT molecular complexity index is 695. The van der Waals surface area contributed by atoms with Crippen molar-refractivity contribution in [2.24, 2.45) is 5.92 Å². The summed E-state index contributed by atoms with van der Waals surface area (Å²) < 4.78 is 13.8. The summed E-state index contributed by atoms with van der Waals surface area (Å²) in [5, 5.41) is 2.96. The molecule has 0 aliphatic heterocycles. The molecule has 114 valence electrons. The molecule has 1 aliphatic rings. The molecule has 1 amide bonds. The van der Waals surface area contributed by atoms with E-state index >= 15 is 0 Å². The van der Waals surface area contributed by atoms with E-state index in [-0.39, 0.29) is 23.6 Å². The molecule has 1 N–H and O–H groups in total. The van der Waals surface area contributed by atoms with E-state index in [0.29, 0.717) is 11.5 Å². The SMILES string of the molecule is CC(C)c1cccc(NC(=O)C2CC2c2ccccc2F)c1. The molecule has 0 saturated heterocycles. The molecular weight excluding hydrogens is 277 g/mol. The van der Waals surface area contributed by atoms with E-state index in [1.54, 1.807) is 12.1 Å². The first-order valence-electron chi connectivity index (χ1n) is 7.71. The highest BCUT2D eigenvalue weighted by Gasteiger charge is 2.45.